The molecule has 0 bridgehead atoms. The van der Waals surface area contributed by atoms with Crippen LogP contribution in [0.25, 0.3) is 0 Å². The van der Waals surface area contributed by atoms with Crippen molar-refractivity contribution < 1.29 is 14.2 Å². The van der Waals surface area contributed by atoms with Crippen molar-refractivity contribution >= 4 is 15.9 Å². The van der Waals surface area contributed by atoms with Crippen LogP contribution in [0.4, 0.5) is 0 Å². The normalized spacial score (nSPS) is 9.38. The summed E-state index contributed by atoms with van der Waals surface area (Å²) in [6.07, 6.45) is 0.353. The number of ether oxygens (including phenoxy) is 3. The Bertz CT molecular complexity index is 401. The van der Waals surface area contributed by atoms with Crippen molar-refractivity contribution in [3.8, 4) is 23.3 Å². The molecule has 0 unspecified atom stereocenters. The minimum absolute atomic E-state index is 0.353. The van der Waals surface area contributed by atoms with Crippen molar-refractivity contribution in [3.63, 3.8) is 0 Å². The van der Waals surface area contributed by atoms with Gasteiger partial charge in [0.15, 0.2) is 11.5 Å². The standard InChI is InChI=1S/C11H12BrNO3/c1-14-10-7-8(16-5-3-4-13)6-9(12)11(10)15-2/h6-7H,3,5H2,1-2H3. The lowest BCUT2D eigenvalue weighted by Crippen LogP contribution is -1.98. The van der Waals surface area contributed by atoms with Crippen LogP contribution in [0.5, 0.6) is 17.2 Å². The number of hydrogen-bond acceptors (Lipinski definition) is 4. The number of methoxy groups -OCH3 is 2. The summed E-state index contributed by atoms with van der Waals surface area (Å²) in [7, 11) is 3.13. The Morgan fingerprint density at radius 3 is 2.62 bits per heavy atom. The molecule has 0 aliphatic heterocycles. The van der Waals surface area contributed by atoms with Crippen molar-refractivity contribution in [1.82, 2.24) is 0 Å². The van der Waals surface area contributed by atoms with E-state index in [1.807, 2.05) is 6.07 Å². The van der Waals surface area contributed by atoms with Crippen LogP contribution in [0, 0.1) is 11.3 Å². The second kappa shape index (κ2) is 6.23. The number of benzene rings is 1. The molecule has 4 nitrogen and oxygen atoms in total. The molecule has 1 rings (SSSR count). The number of hydrogen-bond donors (Lipinski definition) is 0. The van der Waals surface area contributed by atoms with Crippen LogP contribution in [0.2, 0.25) is 0 Å². The van der Waals surface area contributed by atoms with E-state index in [2.05, 4.69) is 15.9 Å². The van der Waals surface area contributed by atoms with Crippen molar-refractivity contribution in [2.45, 2.75) is 6.42 Å². The minimum atomic E-state index is 0.353. The maximum Gasteiger partial charge on any atom is 0.175 e. The highest BCUT2D eigenvalue weighted by Crippen LogP contribution is 2.38. The second-order valence-electron chi connectivity index (χ2n) is 2.90. The number of nitrogens with zero attached hydrogens (tertiary/aromatic N) is 1. The lowest BCUT2D eigenvalue weighted by atomic mass is 10.3. The summed E-state index contributed by atoms with van der Waals surface area (Å²) in [5.74, 6) is 1.85. The molecule has 1 aromatic carbocycles. The second-order valence-corrected chi connectivity index (χ2v) is 3.75. The molecule has 0 aliphatic rings. The first kappa shape index (κ1) is 12.7. The lowest BCUT2D eigenvalue weighted by molar-refractivity contribution is 0.317. The van der Waals surface area contributed by atoms with Crippen molar-refractivity contribution in [2.24, 2.45) is 0 Å². The molecule has 0 aromatic heterocycles. The summed E-state index contributed by atoms with van der Waals surface area (Å²) in [6.45, 7) is 0.360. The molecule has 16 heavy (non-hydrogen) atoms. The molecule has 86 valence electrons. The first-order valence-electron chi connectivity index (χ1n) is 4.64. The number of nitriles is 1. The molecule has 0 amide bonds. The lowest BCUT2D eigenvalue weighted by Gasteiger charge is -2.12. The van der Waals surface area contributed by atoms with Gasteiger partial charge in [-0.05, 0) is 22.0 Å². The Balaban J connectivity index is 2.88. The van der Waals surface area contributed by atoms with Gasteiger partial charge >= 0.3 is 0 Å². The Morgan fingerprint density at radius 2 is 2.06 bits per heavy atom. The summed E-state index contributed by atoms with van der Waals surface area (Å²) in [4.78, 5) is 0. The predicted molar refractivity (Wildman–Crippen MR) is 63.0 cm³/mol. The van der Waals surface area contributed by atoms with E-state index in [4.69, 9.17) is 19.5 Å². The van der Waals surface area contributed by atoms with Crippen molar-refractivity contribution in [3.05, 3.63) is 16.6 Å². The molecule has 0 aliphatic carbocycles. The summed E-state index contributed by atoms with van der Waals surface area (Å²) in [6, 6.07) is 5.51. The summed E-state index contributed by atoms with van der Waals surface area (Å²) >= 11 is 3.36. The van der Waals surface area contributed by atoms with E-state index in [9.17, 15) is 0 Å². The highest BCUT2D eigenvalue weighted by molar-refractivity contribution is 9.10. The van der Waals surface area contributed by atoms with Crippen LogP contribution in [-0.2, 0) is 0 Å². The van der Waals surface area contributed by atoms with Gasteiger partial charge in [0.25, 0.3) is 0 Å². The van der Waals surface area contributed by atoms with Crippen molar-refractivity contribution in [2.75, 3.05) is 20.8 Å². The fraction of sp³-hybridized carbons (Fsp3) is 0.364. The smallest absolute Gasteiger partial charge is 0.175 e. The van der Waals surface area contributed by atoms with Crippen molar-refractivity contribution in [1.29, 1.82) is 5.26 Å². The molecule has 0 atom stereocenters. The number of halogens is 1. The summed E-state index contributed by atoms with van der Waals surface area (Å²) in [5, 5.41) is 8.40. The van der Waals surface area contributed by atoms with Gasteiger partial charge in [-0.3, -0.25) is 0 Å². The number of rotatable bonds is 5. The quantitative estimate of drug-likeness (QED) is 0.781. The van der Waals surface area contributed by atoms with E-state index in [1.54, 1.807) is 26.4 Å². The zero-order chi connectivity index (χ0) is 12.0. The molecule has 5 heteroatoms. The minimum Gasteiger partial charge on any atom is -0.493 e. The SMILES string of the molecule is COc1cc(OCCC#N)cc(Br)c1OC. The van der Waals surface area contributed by atoms with Gasteiger partial charge in [-0.2, -0.15) is 5.26 Å². The van der Waals surface area contributed by atoms with Crippen LogP contribution in [0.3, 0.4) is 0 Å². The Labute approximate surface area is 103 Å². The van der Waals surface area contributed by atoms with Crippen LogP contribution < -0.4 is 14.2 Å². The summed E-state index contributed by atoms with van der Waals surface area (Å²) < 4.78 is 16.5. The fourth-order valence-electron chi connectivity index (χ4n) is 1.19. The van der Waals surface area contributed by atoms with E-state index < -0.39 is 0 Å². The Kier molecular flexibility index (Phi) is 4.93. The Hall–Kier alpha value is -1.41. The van der Waals surface area contributed by atoms with E-state index in [0.29, 0.717) is 30.3 Å². The molecule has 0 radical (unpaired) electrons. The molecule has 0 saturated carbocycles. The molecule has 0 N–H and O–H groups in total. The van der Waals surface area contributed by atoms with Gasteiger partial charge in [0.1, 0.15) is 12.4 Å². The van der Waals surface area contributed by atoms with Gasteiger partial charge in [0.05, 0.1) is 31.2 Å². The maximum absolute atomic E-state index is 8.40. The zero-order valence-electron chi connectivity index (χ0n) is 9.12. The van der Waals surface area contributed by atoms with Gasteiger partial charge in [-0.1, -0.05) is 0 Å². The molecule has 0 heterocycles. The molecular formula is C11H12BrNO3. The van der Waals surface area contributed by atoms with Gasteiger partial charge in [0.2, 0.25) is 0 Å². The van der Waals surface area contributed by atoms with Gasteiger partial charge in [-0.15, -0.1) is 0 Å². The van der Waals surface area contributed by atoms with Gasteiger partial charge < -0.3 is 14.2 Å². The highest BCUT2D eigenvalue weighted by atomic mass is 79.9. The van der Waals surface area contributed by atoms with Crippen LogP contribution >= 0.6 is 15.9 Å². The third-order valence-electron chi connectivity index (χ3n) is 1.89. The van der Waals surface area contributed by atoms with Crippen LogP contribution in [0.1, 0.15) is 6.42 Å². The molecular weight excluding hydrogens is 274 g/mol. The van der Waals surface area contributed by atoms with Crippen LogP contribution in [0.15, 0.2) is 16.6 Å². The summed E-state index contributed by atoms with van der Waals surface area (Å²) in [5.41, 5.74) is 0. The molecule has 0 saturated heterocycles. The third-order valence-corrected chi connectivity index (χ3v) is 2.48. The highest BCUT2D eigenvalue weighted by Gasteiger charge is 2.10. The van der Waals surface area contributed by atoms with E-state index >= 15 is 0 Å². The zero-order valence-corrected chi connectivity index (χ0v) is 10.7. The van der Waals surface area contributed by atoms with Crippen LogP contribution in [-0.4, -0.2) is 20.8 Å². The fourth-order valence-corrected chi connectivity index (χ4v) is 1.78. The van der Waals surface area contributed by atoms with E-state index in [0.717, 1.165) is 4.47 Å². The average molecular weight is 286 g/mol. The molecule has 0 spiro atoms. The monoisotopic (exact) mass is 285 g/mol. The first-order valence-corrected chi connectivity index (χ1v) is 5.43. The van der Waals surface area contributed by atoms with Gasteiger partial charge in [0, 0.05) is 6.07 Å². The first-order chi connectivity index (χ1) is 7.72. The third kappa shape index (κ3) is 3.04. The topological polar surface area (TPSA) is 51.5 Å². The maximum atomic E-state index is 8.40. The predicted octanol–water partition coefficient (Wildman–Crippen LogP) is 2.76. The van der Waals surface area contributed by atoms with E-state index in [1.165, 1.54) is 0 Å². The average Bonchev–Trinajstić information content (AvgIpc) is 2.28. The Morgan fingerprint density at radius 1 is 1.31 bits per heavy atom. The van der Waals surface area contributed by atoms with Gasteiger partial charge in [-0.25, -0.2) is 0 Å². The molecule has 0 fully saturated rings. The largest absolute Gasteiger partial charge is 0.493 e. The molecule has 1 aromatic rings. The van der Waals surface area contributed by atoms with E-state index in [-0.39, 0.29) is 0 Å².